The molecule has 0 unspecified atom stereocenters. The van der Waals surface area contributed by atoms with Crippen LogP contribution < -0.4 is 10.1 Å². The molecular weight excluding hydrogens is 380 g/mol. The fourth-order valence-corrected chi connectivity index (χ4v) is 2.52. The van der Waals surface area contributed by atoms with Crippen LogP contribution in [0.5, 0.6) is 5.75 Å². The Morgan fingerprint density at radius 1 is 0.964 bits per heavy atom. The van der Waals surface area contributed by atoms with Crippen molar-refractivity contribution in [3.8, 4) is 5.75 Å². The summed E-state index contributed by atoms with van der Waals surface area (Å²) in [5, 5.41) is 2.67. The van der Waals surface area contributed by atoms with Gasteiger partial charge in [-0.25, -0.2) is 9.78 Å². The Hall–Kier alpha value is -3.38. The summed E-state index contributed by atoms with van der Waals surface area (Å²) < 4.78 is 10.6. The largest absolute Gasteiger partial charge is 0.489 e. The van der Waals surface area contributed by atoms with Crippen LogP contribution in [0.2, 0.25) is 5.15 Å². The lowest BCUT2D eigenvalue weighted by Crippen LogP contribution is -2.21. The fourth-order valence-electron chi connectivity index (χ4n) is 2.32. The van der Waals surface area contributed by atoms with Crippen molar-refractivity contribution in [2.24, 2.45) is 0 Å². The number of hydrogen-bond donors (Lipinski definition) is 1. The highest BCUT2D eigenvalue weighted by Crippen LogP contribution is 2.17. The number of ether oxygens (including phenoxy) is 2. The number of halogens is 1. The molecule has 0 fully saturated rings. The summed E-state index contributed by atoms with van der Waals surface area (Å²) in [5.41, 5.74) is 1.74. The lowest BCUT2D eigenvalue weighted by atomic mass is 10.2. The van der Waals surface area contributed by atoms with Crippen molar-refractivity contribution < 1.29 is 19.1 Å². The van der Waals surface area contributed by atoms with Crippen LogP contribution in [0.15, 0.2) is 72.9 Å². The second kappa shape index (κ2) is 9.53. The molecule has 1 heterocycles. The van der Waals surface area contributed by atoms with Crippen molar-refractivity contribution in [3.05, 3.63) is 89.2 Å². The summed E-state index contributed by atoms with van der Waals surface area (Å²) in [5.74, 6) is -0.497. The highest BCUT2D eigenvalue weighted by atomic mass is 35.5. The predicted octanol–water partition coefficient (Wildman–Crippen LogP) is 4.11. The molecule has 7 heteroatoms. The predicted molar refractivity (Wildman–Crippen MR) is 105 cm³/mol. The van der Waals surface area contributed by atoms with Crippen LogP contribution in [0.3, 0.4) is 0 Å². The lowest BCUT2D eigenvalue weighted by molar-refractivity contribution is -0.119. The van der Waals surface area contributed by atoms with Gasteiger partial charge in [0, 0.05) is 11.9 Å². The van der Waals surface area contributed by atoms with Crippen LogP contribution >= 0.6 is 11.6 Å². The molecule has 0 aliphatic carbocycles. The number of esters is 1. The van der Waals surface area contributed by atoms with Gasteiger partial charge in [-0.2, -0.15) is 0 Å². The summed E-state index contributed by atoms with van der Waals surface area (Å²) in [6.07, 6.45) is 1.46. The second-order valence-electron chi connectivity index (χ2n) is 5.76. The molecule has 3 rings (SSSR count). The van der Waals surface area contributed by atoms with Crippen molar-refractivity contribution in [1.82, 2.24) is 4.98 Å². The molecule has 142 valence electrons. The molecule has 0 bridgehead atoms. The van der Waals surface area contributed by atoms with Gasteiger partial charge in [-0.15, -0.1) is 0 Å². The number of pyridine rings is 1. The second-order valence-corrected chi connectivity index (χ2v) is 6.12. The third-order valence-corrected chi connectivity index (χ3v) is 4.00. The van der Waals surface area contributed by atoms with E-state index in [9.17, 15) is 9.59 Å². The van der Waals surface area contributed by atoms with Crippen LogP contribution in [0.1, 0.15) is 15.9 Å². The molecule has 0 spiro atoms. The van der Waals surface area contributed by atoms with Gasteiger partial charge in [0.05, 0.1) is 5.56 Å². The topological polar surface area (TPSA) is 77.5 Å². The molecule has 0 saturated carbocycles. The lowest BCUT2D eigenvalue weighted by Gasteiger charge is -2.09. The van der Waals surface area contributed by atoms with Crippen molar-refractivity contribution in [3.63, 3.8) is 0 Å². The van der Waals surface area contributed by atoms with E-state index in [1.165, 1.54) is 12.3 Å². The van der Waals surface area contributed by atoms with Gasteiger partial charge in [0.15, 0.2) is 6.61 Å². The average molecular weight is 397 g/mol. The van der Waals surface area contributed by atoms with E-state index in [0.29, 0.717) is 18.0 Å². The average Bonchev–Trinajstić information content (AvgIpc) is 2.72. The van der Waals surface area contributed by atoms with E-state index >= 15 is 0 Å². The van der Waals surface area contributed by atoms with Gasteiger partial charge in [-0.05, 0) is 42.0 Å². The van der Waals surface area contributed by atoms with Crippen molar-refractivity contribution in [2.45, 2.75) is 6.61 Å². The Bertz CT molecular complexity index is 946. The molecule has 28 heavy (non-hydrogen) atoms. The molecule has 2 aromatic carbocycles. The Morgan fingerprint density at radius 3 is 2.43 bits per heavy atom. The van der Waals surface area contributed by atoms with Crippen molar-refractivity contribution in [1.29, 1.82) is 0 Å². The van der Waals surface area contributed by atoms with Gasteiger partial charge in [0.2, 0.25) is 0 Å². The van der Waals surface area contributed by atoms with Gasteiger partial charge in [0.25, 0.3) is 5.91 Å². The van der Waals surface area contributed by atoms with Crippen LogP contribution in [0.25, 0.3) is 0 Å². The molecule has 0 saturated heterocycles. The highest BCUT2D eigenvalue weighted by molar-refractivity contribution is 6.32. The normalized spacial score (nSPS) is 10.2. The zero-order valence-corrected chi connectivity index (χ0v) is 15.6. The quantitative estimate of drug-likeness (QED) is 0.480. The van der Waals surface area contributed by atoms with Gasteiger partial charge in [-0.1, -0.05) is 41.9 Å². The fraction of sp³-hybridized carbons (Fsp3) is 0.0952. The summed E-state index contributed by atoms with van der Waals surface area (Å²) in [6, 6.07) is 19.8. The van der Waals surface area contributed by atoms with E-state index in [2.05, 4.69) is 10.3 Å². The minimum atomic E-state index is -0.710. The molecule has 1 aromatic heterocycles. The summed E-state index contributed by atoms with van der Waals surface area (Å²) in [4.78, 5) is 27.7. The smallest absolute Gasteiger partial charge is 0.341 e. The number of rotatable bonds is 7. The van der Waals surface area contributed by atoms with E-state index in [1.54, 1.807) is 30.3 Å². The number of aromatic nitrogens is 1. The first-order valence-electron chi connectivity index (χ1n) is 8.46. The first-order valence-corrected chi connectivity index (χ1v) is 8.84. The molecule has 1 N–H and O–H groups in total. The van der Waals surface area contributed by atoms with Crippen molar-refractivity contribution in [2.75, 3.05) is 11.9 Å². The first kappa shape index (κ1) is 19.4. The maximum absolute atomic E-state index is 12.0. The Balaban J connectivity index is 1.46. The highest BCUT2D eigenvalue weighted by Gasteiger charge is 2.14. The minimum absolute atomic E-state index is 0.0269. The standard InChI is InChI=1S/C21H17ClN2O4/c22-20-18(7-4-12-23-20)21(26)28-14-19(25)24-16-8-10-17(11-9-16)27-13-15-5-2-1-3-6-15/h1-12H,13-14H2,(H,24,25). The molecule has 1 amide bonds. The number of benzene rings is 2. The zero-order valence-electron chi connectivity index (χ0n) is 14.8. The van der Waals surface area contributed by atoms with E-state index in [0.717, 1.165) is 5.56 Å². The van der Waals surface area contributed by atoms with Gasteiger partial charge < -0.3 is 14.8 Å². The number of carbonyl (C=O) groups excluding carboxylic acids is 2. The number of amides is 1. The Morgan fingerprint density at radius 2 is 1.71 bits per heavy atom. The van der Waals surface area contributed by atoms with E-state index < -0.39 is 18.5 Å². The zero-order chi connectivity index (χ0) is 19.8. The molecule has 0 aliphatic heterocycles. The summed E-state index contributed by atoms with van der Waals surface area (Å²) in [6.45, 7) is 0.0235. The monoisotopic (exact) mass is 396 g/mol. The van der Waals surface area contributed by atoms with E-state index in [-0.39, 0.29) is 10.7 Å². The Kier molecular flexibility index (Phi) is 6.59. The molecule has 0 radical (unpaired) electrons. The molecular formula is C21H17ClN2O4. The van der Waals surface area contributed by atoms with E-state index in [4.69, 9.17) is 21.1 Å². The third-order valence-electron chi connectivity index (χ3n) is 3.70. The minimum Gasteiger partial charge on any atom is -0.489 e. The third kappa shape index (κ3) is 5.56. The molecule has 6 nitrogen and oxygen atoms in total. The maximum atomic E-state index is 12.0. The summed E-state index contributed by atoms with van der Waals surface area (Å²) >= 11 is 5.82. The number of hydrogen-bond acceptors (Lipinski definition) is 5. The van der Waals surface area contributed by atoms with Gasteiger partial charge in [-0.3, -0.25) is 4.79 Å². The first-order chi connectivity index (χ1) is 13.6. The number of anilines is 1. The SMILES string of the molecule is O=C(COC(=O)c1cccnc1Cl)Nc1ccc(OCc2ccccc2)cc1. The van der Waals surface area contributed by atoms with Crippen molar-refractivity contribution >= 4 is 29.2 Å². The van der Waals surface area contributed by atoms with E-state index in [1.807, 2.05) is 30.3 Å². The van der Waals surface area contributed by atoms with Crippen LogP contribution in [0, 0.1) is 0 Å². The van der Waals surface area contributed by atoms with Crippen LogP contribution in [-0.4, -0.2) is 23.5 Å². The van der Waals surface area contributed by atoms with Gasteiger partial charge in [0.1, 0.15) is 17.5 Å². The summed E-state index contributed by atoms with van der Waals surface area (Å²) in [7, 11) is 0. The van der Waals surface area contributed by atoms with Crippen LogP contribution in [0.4, 0.5) is 5.69 Å². The number of nitrogens with one attached hydrogen (secondary N) is 1. The van der Waals surface area contributed by atoms with Gasteiger partial charge >= 0.3 is 5.97 Å². The number of carbonyl (C=O) groups is 2. The number of nitrogens with zero attached hydrogens (tertiary/aromatic N) is 1. The molecule has 3 aromatic rings. The van der Waals surface area contributed by atoms with Crippen LogP contribution in [-0.2, 0) is 16.1 Å². The Labute approximate surface area is 167 Å². The maximum Gasteiger partial charge on any atom is 0.341 e. The molecule has 0 aliphatic rings. The molecule has 0 atom stereocenters.